The fraction of sp³-hybridized carbons (Fsp3) is 0.172. The molecule has 37 heavy (non-hydrogen) atoms. The molecule has 5 aromatic rings. The molecular formula is C29H28N6O2. The third-order valence-electron chi connectivity index (χ3n) is 5.89. The van der Waals surface area contributed by atoms with Gasteiger partial charge in [0.25, 0.3) is 5.91 Å². The quantitative estimate of drug-likeness (QED) is 0.265. The van der Waals surface area contributed by atoms with Gasteiger partial charge in [-0.25, -0.2) is 9.97 Å². The monoisotopic (exact) mass is 492 g/mol. The van der Waals surface area contributed by atoms with Crippen molar-refractivity contribution >= 4 is 45.7 Å². The van der Waals surface area contributed by atoms with E-state index in [0.717, 1.165) is 40.3 Å². The molecule has 0 saturated carbocycles. The molecule has 0 spiro atoms. The zero-order valence-corrected chi connectivity index (χ0v) is 20.9. The normalized spacial score (nSPS) is 11.1. The van der Waals surface area contributed by atoms with Gasteiger partial charge in [0.1, 0.15) is 0 Å². The summed E-state index contributed by atoms with van der Waals surface area (Å²) in [4.78, 5) is 33.7. The van der Waals surface area contributed by atoms with Gasteiger partial charge in [-0.15, -0.1) is 0 Å². The maximum absolute atomic E-state index is 12.9. The second kappa shape index (κ2) is 10.1. The SMILES string of the molecule is CC(=O)Nc1cccc(NC(=O)c2ccc(-c3cnc4c(NCC(C)C)nc5ccccc5n34)cc2)c1. The maximum Gasteiger partial charge on any atom is 0.255 e. The number of nitrogens with zero attached hydrogens (tertiary/aromatic N) is 3. The van der Waals surface area contributed by atoms with E-state index in [4.69, 9.17) is 9.97 Å². The molecular weight excluding hydrogens is 464 g/mol. The largest absolute Gasteiger partial charge is 0.367 e. The van der Waals surface area contributed by atoms with Crippen molar-refractivity contribution < 1.29 is 9.59 Å². The highest BCUT2D eigenvalue weighted by molar-refractivity contribution is 6.05. The number of amides is 2. The average molecular weight is 493 g/mol. The van der Waals surface area contributed by atoms with Crippen molar-refractivity contribution in [1.82, 2.24) is 14.4 Å². The first kappa shape index (κ1) is 24.0. The van der Waals surface area contributed by atoms with Gasteiger partial charge in [-0.05, 0) is 48.4 Å². The molecule has 3 aromatic carbocycles. The van der Waals surface area contributed by atoms with Gasteiger partial charge >= 0.3 is 0 Å². The number of benzene rings is 3. The number of carbonyl (C=O) groups excluding carboxylic acids is 2. The number of hydrogen-bond acceptors (Lipinski definition) is 5. The van der Waals surface area contributed by atoms with Gasteiger partial charge in [0.15, 0.2) is 11.5 Å². The maximum atomic E-state index is 12.9. The smallest absolute Gasteiger partial charge is 0.255 e. The highest BCUT2D eigenvalue weighted by Gasteiger charge is 2.15. The van der Waals surface area contributed by atoms with Crippen molar-refractivity contribution in [2.24, 2.45) is 5.92 Å². The number of anilines is 3. The molecule has 2 heterocycles. The van der Waals surface area contributed by atoms with E-state index >= 15 is 0 Å². The molecule has 0 fully saturated rings. The van der Waals surface area contributed by atoms with Crippen LogP contribution in [0.2, 0.25) is 0 Å². The molecule has 0 aliphatic rings. The molecule has 0 aliphatic heterocycles. The number of carbonyl (C=O) groups is 2. The standard InChI is InChI=1S/C29H28N6O2/c1-18(2)16-30-27-28-31-17-26(35(28)25-10-5-4-9-24(25)34-27)20-11-13-21(14-12-20)29(37)33-23-8-6-7-22(15-23)32-19(3)36/h4-15,17-18H,16H2,1-3H3,(H,30,34)(H,32,36)(H,33,37). The molecule has 5 rings (SSSR count). The summed E-state index contributed by atoms with van der Waals surface area (Å²) in [5.41, 5.74) is 6.18. The fourth-order valence-electron chi connectivity index (χ4n) is 4.18. The van der Waals surface area contributed by atoms with Gasteiger partial charge < -0.3 is 16.0 Å². The number of rotatable bonds is 7. The minimum atomic E-state index is -0.237. The van der Waals surface area contributed by atoms with Crippen LogP contribution in [-0.4, -0.2) is 32.7 Å². The van der Waals surface area contributed by atoms with E-state index < -0.39 is 0 Å². The summed E-state index contributed by atoms with van der Waals surface area (Å²) in [6.07, 6.45) is 1.84. The average Bonchev–Trinajstić information content (AvgIpc) is 3.33. The Kier molecular flexibility index (Phi) is 6.55. The summed E-state index contributed by atoms with van der Waals surface area (Å²) in [7, 11) is 0. The molecule has 2 amide bonds. The molecule has 0 unspecified atom stereocenters. The number of aromatic nitrogens is 3. The summed E-state index contributed by atoms with van der Waals surface area (Å²) in [6, 6.07) is 22.5. The Hall–Kier alpha value is -4.72. The lowest BCUT2D eigenvalue weighted by Gasteiger charge is -2.13. The second-order valence-electron chi connectivity index (χ2n) is 9.32. The topological polar surface area (TPSA) is 100 Å². The number of fused-ring (bicyclic) bond motifs is 3. The lowest BCUT2D eigenvalue weighted by Crippen LogP contribution is -2.12. The van der Waals surface area contributed by atoms with Gasteiger partial charge in [0.05, 0.1) is 22.9 Å². The summed E-state index contributed by atoms with van der Waals surface area (Å²) in [5.74, 6) is 0.808. The van der Waals surface area contributed by atoms with Crippen molar-refractivity contribution in [2.75, 3.05) is 22.5 Å². The van der Waals surface area contributed by atoms with Gasteiger partial charge in [-0.1, -0.05) is 44.2 Å². The lowest BCUT2D eigenvalue weighted by molar-refractivity contribution is -0.114. The molecule has 8 nitrogen and oxygen atoms in total. The minimum absolute atomic E-state index is 0.169. The highest BCUT2D eigenvalue weighted by Crippen LogP contribution is 2.29. The zero-order chi connectivity index (χ0) is 25.9. The molecule has 3 N–H and O–H groups in total. The van der Waals surface area contributed by atoms with Crippen LogP contribution in [0.25, 0.3) is 27.9 Å². The first-order valence-corrected chi connectivity index (χ1v) is 12.2. The van der Waals surface area contributed by atoms with Crippen LogP contribution in [-0.2, 0) is 4.79 Å². The summed E-state index contributed by atoms with van der Waals surface area (Å²) < 4.78 is 2.10. The first-order chi connectivity index (χ1) is 17.9. The highest BCUT2D eigenvalue weighted by atomic mass is 16.2. The van der Waals surface area contributed by atoms with Crippen LogP contribution in [0.15, 0.2) is 79.0 Å². The van der Waals surface area contributed by atoms with Crippen molar-refractivity contribution in [3.63, 3.8) is 0 Å². The van der Waals surface area contributed by atoms with E-state index in [1.165, 1.54) is 6.92 Å². The summed E-state index contributed by atoms with van der Waals surface area (Å²) >= 11 is 0. The number of nitrogens with one attached hydrogen (secondary N) is 3. The van der Waals surface area contributed by atoms with Crippen molar-refractivity contribution in [3.8, 4) is 11.3 Å². The lowest BCUT2D eigenvalue weighted by atomic mass is 10.1. The number of para-hydroxylation sites is 2. The third kappa shape index (κ3) is 5.13. The Morgan fingerprint density at radius 1 is 0.919 bits per heavy atom. The molecule has 8 heteroatoms. The second-order valence-corrected chi connectivity index (χ2v) is 9.32. The van der Waals surface area contributed by atoms with E-state index in [2.05, 4.69) is 34.2 Å². The van der Waals surface area contributed by atoms with Crippen molar-refractivity contribution in [2.45, 2.75) is 20.8 Å². The molecule has 0 radical (unpaired) electrons. The number of hydrogen-bond donors (Lipinski definition) is 3. The minimum Gasteiger partial charge on any atom is -0.367 e. The van der Waals surface area contributed by atoms with Crippen molar-refractivity contribution in [3.05, 3.63) is 84.6 Å². The van der Waals surface area contributed by atoms with E-state index in [1.807, 2.05) is 42.6 Å². The molecule has 2 aromatic heterocycles. The molecule has 186 valence electrons. The van der Waals surface area contributed by atoms with Gasteiger partial charge in [0, 0.05) is 36.0 Å². The Balaban J connectivity index is 1.45. The van der Waals surface area contributed by atoms with Gasteiger partial charge in [-0.2, -0.15) is 0 Å². The van der Waals surface area contributed by atoms with Crippen molar-refractivity contribution in [1.29, 1.82) is 0 Å². The van der Waals surface area contributed by atoms with E-state index in [1.54, 1.807) is 36.4 Å². The van der Waals surface area contributed by atoms with Gasteiger partial charge in [-0.3, -0.25) is 14.0 Å². The van der Waals surface area contributed by atoms with Crippen LogP contribution >= 0.6 is 0 Å². The predicted molar refractivity (Wildman–Crippen MR) is 148 cm³/mol. The number of imidazole rings is 1. The van der Waals surface area contributed by atoms with Crippen LogP contribution in [0.3, 0.4) is 0 Å². The van der Waals surface area contributed by atoms with Crippen LogP contribution < -0.4 is 16.0 Å². The van der Waals surface area contributed by atoms with E-state index in [0.29, 0.717) is 22.9 Å². The molecule has 0 saturated heterocycles. The molecule has 0 bridgehead atoms. The Morgan fingerprint density at radius 3 is 2.38 bits per heavy atom. The van der Waals surface area contributed by atoms with Crippen LogP contribution in [0.1, 0.15) is 31.1 Å². The van der Waals surface area contributed by atoms with Gasteiger partial charge in [0.2, 0.25) is 5.91 Å². The van der Waals surface area contributed by atoms with Crippen LogP contribution in [0, 0.1) is 5.92 Å². The Bertz CT molecular complexity index is 1600. The predicted octanol–water partition coefficient (Wildman–Crippen LogP) is 5.83. The Labute approximate surface area is 214 Å². The van der Waals surface area contributed by atoms with Crippen LogP contribution in [0.5, 0.6) is 0 Å². The van der Waals surface area contributed by atoms with E-state index in [9.17, 15) is 9.59 Å². The Morgan fingerprint density at radius 2 is 1.65 bits per heavy atom. The third-order valence-corrected chi connectivity index (χ3v) is 5.89. The summed E-state index contributed by atoms with van der Waals surface area (Å²) in [5, 5.41) is 9.04. The molecule has 0 atom stereocenters. The molecule has 0 aliphatic carbocycles. The zero-order valence-electron chi connectivity index (χ0n) is 20.9. The fourth-order valence-corrected chi connectivity index (χ4v) is 4.18. The van der Waals surface area contributed by atoms with E-state index in [-0.39, 0.29) is 11.8 Å². The van der Waals surface area contributed by atoms with Crippen LogP contribution in [0.4, 0.5) is 17.2 Å². The summed E-state index contributed by atoms with van der Waals surface area (Å²) in [6.45, 7) is 6.54. The first-order valence-electron chi connectivity index (χ1n) is 12.2.